The van der Waals surface area contributed by atoms with Crippen LogP contribution in [-0.4, -0.2) is 49.4 Å². The summed E-state index contributed by atoms with van der Waals surface area (Å²) >= 11 is 0. The van der Waals surface area contributed by atoms with E-state index in [1.165, 1.54) is 6.21 Å². The van der Waals surface area contributed by atoms with E-state index in [1.54, 1.807) is 37.1 Å². The van der Waals surface area contributed by atoms with Crippen LogP contribution in [0.4, 0.5) is 5.69 Å². The molecule has 7 nitrogen and oxygen atoms in total. The largest absolute Gasteiger partial charge is 0.343 e. The first-order valence-corrected chi connectivity index (χ1v) is 10.0. The Morgan fingerprint density at radius 3 is 2.73 bits per heavy atom. The Hall–Kier alpha value is -3.32. The van der Waals surface area contributed by atoms with Gasteiger partial charge >= 0.3 is 0 Å². The normalized spacial score (nSPS) is 21.0. The van der Waals surface area contributed by atoms with Crippen molar-refractivity contribution in [1.29, 1.82) is 10.8 Å². The maximum atomic E-state index is 13.5. The number of fused-ring (bicyclic) bond motifs is 1. The lowest BCUT2D eigenvalue weighted by atomic mass is 9.99. The summed E-state index contributed by atoms with van der Waals surface area (Å²) in [5, 5.41) is 21.8. The van der Waals surface area contributed by atoms with Crippen LogP contribution in [0.15, 0.2) is 59.7 Å². The number of para-hydroxylation sites is 1. The van der Waals surface area contributed by atoms with Gasteiger partial charge in [0.05, 0.1) is 18.3 Å². The van der Waals surface area contributed by atoms with E-state index in [0.717, 1.165) is 11.3 Å². The summed E-state index contributed by atoms with van der Waals surface area (Å²) in [5.74, 6) is -0.437. The Balaban J connectivity index is 1.97. The molecule has 4 N–H and O–H groups in total. The van der Waals surface area contributed by atoms with Crippen molar-refractivity contribution < 1.29 is 9.59 Å². The zero-order valence-corrected chi connectivity index (χ0v) is 17.2. The summed E-state index contributed by atoms with van der Waals surface area (Å²) in [7, 11) is 1.70. The smallest absolute Gasteiger partial charge is 0.249 e. The number of benzene rings is 1. The van der Waals surface area contributed by atoms with E-state index in [-0.39, 0.29) is 18.4 Å². The van der Waals surface area contributed by atoms with Gasteiger partial charge in [-0.15, -0.1) is 0 Å². The highest BCUT2D eigenvalue weighted by molar-refractivity contribution is 6.13. The zero-order chi connectivity index (χ0) is 21.7. The van der Waals surface area contributed by atoms with Gasteiger partial charge in [-0.1, -0.05) is 36.4 Å². The number of nitrogens with one attached hydrogen (secondary N) is 4. The fraction of sp³-hybridized carbons (Fsp3) is 0.304. The van der Waals surface area contributed by atoms with Gasteiger partial charge in [0.25, 0.3) is 0 Å². The number of nitrogens with zero attached hydrogens (tertiary/aromatic N) is 1. The molecule has 0 bridgehead atoms. The van der Waals surface area contributed by atoms with Crippen molar-refractivity contribution in [2.24, 2.45) is 0 Å². The molecule has 30 heavy (non-hydrogen) atoms. The molecule has 3 rings (SSSR count). The number of carbonyl (C=O) groups excluding carboxylic acids is 2. The van der Waals surface area contributed by atoms with E-state index >= 15 is 0 Å². The Labute approximate surface area is 176 Å². The van der Waals surface area contributed by atoms with Gasteiger partial charge in [0.2, 0.25) is 11.8 Å². The van der Waals surface area contributed by atoms with E-state index in [4.69, 9.17) is 10.8 Å². The first kappa shape index (κ1) is 21.4. The van der Waals surface area contributed by atoms with E-state index < -0.39 is 12.1 Å². The summed E-state index contributed by atoms with van der Waals surface area (Å²) in [4.78, 5) is 27.5. The molecule has 7 heteroatoms. The molecule has 156 valence electrons. The van der Waals surface area contributed by atoms with Crippen LogP contribution in [-0.2, 0) is 16.0 Å². The topological polar surface area (TPSA) is 109 Å². The van der Waals surface area contributed by atoms with Gasteiger partial charge in [0.15, 0.2) is 0 Å². The maximum absolute atomic E-state index is 13.5. The SMILES string of the molecule is CN[C@@H](C)C(=O)NC1CCc2ccccc2N(C/C(C=N)=C2\C=CC=CC2=N)C1=O. The van der Waals surface area contributed by atoms with Crippen molar-refractivity contribution in [3.05, 3.63) is 65.3 Å². The molecule has 1 aliphatic heterocycles. The number of hydrogen-bond acceptors (Lipinski definition) is 5. The van der Waals surface area contributed by atoms with Crippen molar-refractivity contribution in [3.63, 3.8) is 0 Å². The van der Waals surface area contributed by atoms with Crippen LogP contribution in [0.1, 0.15) is 18.9 Å². The molecule has 0 saturated heterocycles. The summed E-state index contributed by atoms with van der Waals surface area (Å²) < 4.78 is 0. The zero-order valence-electron chi connectivity index (χ0n) is 17.2. The standard InChI is InChI=1S/C23H27N5O2/c1-15(26-2)22(29)27-20-12-11-16-7-3-6-10-21(16)28(23(20)30)14-17(13-24)18-8-4-5-9-19(18)25/h3-10,13,15,20,24-26H,11-12,14H2,1-2H3,(H,27,29)/b18-17+,24-13?,25-19?/t15-,20?/m0/s1. The molecule has 1 aliphatic carbocycles. The number of anilines is 1. The molecule has 0 aromatic heterocycles. The van der Waals surface area contributed by atoms with Crippen LogP contribution >= 0.6 is 0 Å². The predicted octanol–water partition coefficient (Wildman–Crippen LogP) is 2.15. The fourth-order valence-electron chi connectivity index (χ4n) is 3.58. The van der Waals surface area contributed by atoms with Gasteiger partial charge in [-0.05, 0) is 50.1 Å². The minimum atomic E-state index is -0.654. The monoisotopic (exact) mass is 405 g/mol. The average Bonchev–Trinajstić information content (AvgIpc) is 2.89. The van der Waals surface area contributed by atoms with Crippen molar-refractivity contribution >= 4 is 29.4 Å². The lowest BCUT2D eigenvalue weighted by molar-refractivity contribution is -0.128. The van der Waals surface area contributed by atoms with Gasteiger partial charge in [-0.25, -0.2) is 0 Å². The number of rotatable bonds is 6. The maximum Gasteiger partial charge on any atom is 0.249 e. The summed E-state index contributed by atoms with van der Waals surface area (Å²) in [6, 6.07) is 6.63. The van der Waals surface area contributed by atoms with Crippen molar-refractivity contribution in [2.75, 3.05) is 18.5 Å². The summed E-state index contributed by atoms with van der Waals surface area (Å²) in [6.07, 6.45) is 9.40. The van der Waals surface area contributed by atoms with Gasteiger partial charge in [0.1, 0.15) is 6.04 Å². The molecular formula is C23H27N5O2. The lowest BCUT2D eigenvalue weighted by Gasteiger charge is -2.28. The number of hydrogen-bond donors (Lipinski definition) is 4. The van der Waals surface area contributed by atoms with Crippen LogP contribution in [0.25, 0.3) is 0 Å². The first-order chi connectivity index (χ1) is 14.5. The minimum absolute atomic E-state index is 0.156. The van der Waals surface area contributed by atoms with Crippen molar-refractivity contribution in [2.45, 2.75) is 31.8 Å². The van der Waals surface area contributed by atoms with Crippen molar-refractivity contribution in [1.82, 2.24) is 10.6 Å². The molecule has 2 atom stereocenters. The van der Waals surface area contributed by atoms with Crippen LogP contribution in [0, 0.1) is 10.8 Å². The van der Waals surface area contributed by atoms with Crippen molar-refractivity contribution in [3.8, 4) is 0 Å². The summed E-state index contributed by atoms with van der Waals surface area (Å²) in [6.45, 7) is 1.90. The number of carbonyl (C=O) groups is 2. The number of aryl methyl sites for hydroxylation is 1. The number of likely N-dealkylation sites (N-methyl/N-ethyl adjacent to an activating group) is 1. The molecule has 1 unspecified atom stereocenters. The molecule has 1 heterocycles. The minimum Gasteiger partial charge on any atom is -0.343 e. The Morgan fingerprint density at radius 2 is 2.03 bits per heavy atom. The van der Waals surface area contributed by atoms with Crippen LogP contribution < -0.4 is 15.5 Å². The summed E-state index contributed by atoms with van der Waals surface area (Å²) in [5.41, 5.74) is 3.29. The van der Waals surface area contributed by atoms with Gasteiger partial charge in [-0.3, -0.25) is 9.59 Å². The molecule has 1 aromatic rings. The van der Waals surface area contributed by atoms with Gasteiger partial charge in [0, 0.05) is 17.5 Å². The lowest BCUT2D eigenvalue weighted by Crippen LogP contribution is -2.52. The second kappa shape index (κ2) is 9.45. The Bertz CT molecular complexity index is 960. The second-order valence-electron chi connectivity index (χ2n) is 7.38. The average molecular weight is 406 g/mol. The molecule has 2 amide bonds. The Morgan fingerprint density at radius 1 is 1.30 bits per heavy atom. The third kappa shape index (κ3) is 4.46. The van der Waals surface area contributed by atoms with E-state index in [2.05, 4.69) is 10.6 Å². The fourth-order valence-corrected chi connectivity index (χ4v) is 3.58. The Kier molecular flexibility index (Phi) is 6.74. The van der Waals surface area contributed by atoms with E-state index in [1.807, 2.05) is 30.3 Å². The van der Waals surface area contributed by atoms with Gasteiger partial charge in [-0.2, -0.15) is 0 Å². The highest BCUT2D eigenvalue weighted by atomic mass is 16.2. The quantitative estimate of drug-likeness (QED) is 0.545. The molecular weight excluding hydrogens is 378 g/mol. The van der Waals surface area contributed by atoms with E-state index in [9.17, 15) is 9.59 Å². The molecule has 0 radical (unpaired) electrons. The van der Waals surface area contributed by atoms with Crippen LogP contribution in [0.5, 0.6) is 0 Å². The third-order valence-corrected chi connectivity index (χ3v) is 5.47. The molecule has 0 fully saturated rings. The van der Waals surface area contributed by atoms with E-state index in [0.29, 0.717) is 29.7 Å². The second-order valence-corrected chi connectivity index (χ2v) is 7.38. The van der Waals surface area contributed by atoms with Crippen LogP contribution in [0.3, 0.4) is 0 Å². The van der Waals surface area contributed by atoms with Crippen LogP contribution in [0.2, 0.25) is 0 Å². The molecule has 1 aromatic carbocycles. The number of amides is 2. The molecule has 2 aliphatic rings. The highest BCUT2D eigenvalue weighted by Gasteiger charge is 2.32. The first-order valence-electron chi connectivity index (χ1n) is 10.0. The predicted molar refractivity (Wildman–Crippen MR) is 119 cm³/mol. The molecule has 0 spiro atoms. The molecule has 0 saturated carbocycles. The third-order valence-electron chi connectivity index (χ3n) is 5.47. The van der Waals surface area contributed by atoms with Gasteiger partial charge < -0.3 is 26.4 Å². The highest BCUT2D eigenvalue weighted by Crippen LogP contribution is 2.28. The number of allylic oxidation sites excluding steroid dienone is 5.